The van der Waals surface area contributed by atoms with Gasteiger partial charge in [0.2, 0.25) is 0 Å². The first-order valence-electron chi connectivity index (χ1n) is 6.73. The largest absolute Gasteiger partial charge is 0.445 e. The molecule has 22 heavy (non-hydrogen) atoms. The Bertz CT molecular complexity index is 503. The first-order chi connectivity index (χ1) is 10.2. The van der Waals surface area contributed by atoms with Crippen LogP contribution in [0.15, 0.2) is 30.3 Å². The summed E-state index contributed by atoms with van der Waals surface area (Å²) in [7, 11) is 0. The Morgan fingerprint density at radius 3 is 2.32 bits per heavy atom. The van der Waals surface area contributed by atoms with Crippen LogP contribution in [-0.4, -0.2) is 24.1 Å². The summed E-state index contributed by atoms with van der Waals surface area (Å²) < 4.78 is 42.5. The summed E-state index contributed by atoms with van der Waals surface area (Å²) in [4.78, 5) is 22.9. The normalized spacial score (nSPS) is 14.0. The maximum Gasteiger partial charge on any atom is 0.407 e. The van der Waals surface area contributed by atoms with Crippen LogP contribution in [0.4, 0.5) is 18.0 Å². The van der Waals surface area contributed by atoms with Crippen molar-refractivity contribution in [3.8, 4) is 0 Å². The molecule has 4 nitrogen and oxygen atoms in total. The van der Waals surface area contributed by atoms with Crippen LogP contribution in [0.2, 0.25) is 0 Å². The zero-order valence-corrected chi connectivity index (χ0v) is 12.3. The number of halogens is 3. The minimum absolute atomic E-state index is 0.0557. The summed E-state index contributed by atoms with van der Waals surface area (Å²) in [6.07, 6.45) is -6.75. The van der Waals surface area contributed by atoms with Gasteiger partial charge in [0.05, 0.1) is 12.5 Å². The van der Waals surface area contributed by atoms with E-state index in [-0.39, 0.29) is 6.61 Å². The Morgan fingerprint density at radius 1 is 1.23 bits per heavy atom. The molecular formula is C15H18F3NO3. The smallest absolute Gasteiger partial charge is 0.407 e. The number of Topliss-reactive ketones (excluding diaryl/α,β-unsaturated/α-hetero) is 1. The Labute approximate surface area is 126 Å². The Kier molecular flexibility index (Phi) is 6.39. The maximum atomic E-state index is 12.5. The van der Waals surface area contributed by atoms with Crippen molar-refractivity contribution in [2.45, 2.75) is 39.1 Å². The molecule has 0 bridgehead atoms. The van der Waals surface area contributed by atoms with E-state index in [2.05, 4.69) is 5.32 Å². The van der Waals surface area contributed by atoms with Gasteiger partial charge in [-0.15, -0.1) is 0 Å². The second kappa shape index (κ2) is 7.82. The van der Waals surface area contributed by atoms with E-state index in [0.717, 1.165) is 0 Å². The highest BCUT2D eigenvalue weighted by atomic mass is 19.4. The lowest BCUT2D eigenvalue weighted by molar-refractivity contribution is -0.144. The van der Waals surface area contributed by atoms with Crippen LogP contribution in [0.25, 0.3) is 0 Å². The Balaban J connectivity index is 2.60. The van der Waals surface area contributed by atoms with Gasteiger partial charge in [0, 0.05) is 5.92 Å². The van der Waals surface area contributed by atoms with E-state index in [0.29, 0.717) is 5.56 Å². The number of carbonyl (C=O) groups is 2. The molecule has 1 aromatic rings. The number of hydrogen-bond donors (Lipinski definition) is 1. The number of amides is 1. The average molecular weight is 317 g/mol. The quantitative estimate of drug-likeness (QED) is 0.874. The molecule has 0 heterocycles. The highest BCUT2D eigenvalue weighted by Gasteiger charge is 2.36. The third kappa shape index (κ3) is 6.60. The first kappa shape index (κ1) is 18.0. The molecular weight excluding hydrogens is 299 g/mol. The van der Waals surface area contributed by atoms with Crippen molar-refractivity contribution in [1.82, 2.24) is 5.32 Å². The summed E-state index contributed by atoms with van der Waals surface area (Å²) in [6, 6.07) is 7.39. The van der Waals surface area contributed by atoms with E-state index in [9.17, 15) is 22.8 Å². The molecule has 0 fully saturated rings. The molecule has 0 aliphatic rings. The second-order valence-electron chi connectivity index (χ2n) is 5.03. The van der Waals surface area contributed by atoms with Gasteiger partial charge in [0.1, 0.15) is 12.4 Å². The predicted molar refractivity (Wildman–Crippen MR) is 74.1 cm³/mol. The van der Waals surface area contributed by atoms with Gasteiger partial charge in [0.15, 0.2) is 0 Å². The molecule has 0 aromatic heterocycles. The lowest BCUT2D eigenvalue weighted by atomic mass is 9.95. The van der Waals surface area contributed by atoms with Gasteiger partial charge in [0.25, 0.3) is 0 Å². The monoisotopic (exact) mass is 317 g/mol. The molecule has 7 heteroatoms. The minimum Gasteiger partial charge on any atom is -0.445 e. The highest BCUT2D eigenvalue weighted by Crippen LogP contribution is 2.25. The van der Waals surface area contributed by atoms with Gasteiger partial charge in [-0.25, -0.2) is 4.79 Å². The van der Waals surface area contributed by atoms with E-state index >= 15 is 0 Å². The number of carbonyl (C=O) groups excluding carboxylic acids is 2. The van der Waals surface area contributed by atoms with E-state index in [1.807, 2.05) is 0 Å². The molecule has 122 valence electrons. The van der Waals surface area contributed by atoms with Crippen LogP contribution in [0, 0.1) is 5.92 Å². The van der Waals surface area contributed by atoms with Crippen molar-refractivity contribution < 1.29 is 27.5 Å². The van der Waals surface area contributed by atoms with Crippen LogP contribution in [0.3, 0.4) is 0 Å². The number of nitrogens with one attached hydrogen (secondary N) is 1. The summed E-state index contributed by atoms with van der Waals surface area (Å²) in [5.74, 6) is -1.39. The molecule has 0 saturated heterocycles. The third-order valence-electron chi connectivity index (χ3n) is 3.21. The Morgan fingerprint density at radius 2 is 1.82 bits per heavy atom. The lowest BCUT2D eigenvalue weighted by Gasteiger charge is -2.24. The molecule has 1 amide bonds. The summed E-state index contributed by atoms with van der Waals surface area (Å²) in [5.41, 5.74) is 0.713. The first-order valence-corrected chi connectivity index (χ1v) is 6.73. The van der Waals surface area contributed by atoms with Crippen LogP contribution in [0.1, 0.15) is 25.8 Å². The van der Waals surface area contributed by atoms with E-state index in [4.69, 9.17) is 4.74 Å². The number of benzene rings is 1. The second-order valence-corrected chi connectivity index (χ2v) is 5.03. The maximum absolute atomic E-state index is 12.5. The van der Waals surface area contributed by atoms with Crippen molar-refractivity contribution in [3.63, 3.8) is 0 Å². The average Bonchev–Trinajstić information content (AvgIpc) is 2.43. The van der Waals surface area contributed by atoms with Crippen LogP contribution in [0.5, 0.6) is 0 Å². The van der Waals surface area contributed by atoms with E-state index in [1.54, 1.807) is 30.3 Å². The van der Waals surface area contributed by atoms with Crippen molar-refractivity contribution in [2.75, 3.05) is 0 Å². The molecule has 1 N–H and O–H groups in total. The fourth-order valence-electron chi connectivity index (χ4n) is 1.80. The lowest BCUT2D eigenvalue weighted by Crippen LogP contribution is -2.44. The Hall–Kier alpha value is -2.05. The highest BCUT2D eigenvalue weighted by molar-refractivity contribution is 5.79. The molecule has 0 radical (unpaired) electrons. The zero-order chi connectivity index (χ0) is 16.8. The van der Waals surface area contributed by atoms with Crippen molar-refractivity contribution in [3.05, 3.63) is 35.9 Å². The molecule has 2 unspecified atom stereocenters. The standard InChI is InChI=1S/C15H18F3NO3/c1-10(11(2)20)13(8-15(16,17)18)19-14(21)22-9-12-6-4-3-5-7-12/h3-7,10,13H,8-9H2,1-2H3,(H,19,21). The molecule has 1 rings (SSSR count). The van der Waals surface area contributed by atoms with Crippen molar-refractivity contribution >= 4 is 11.9 Å². The molecule has 2 atom stereocenters. The number of hydrogen-bond acceptors (Lipinski definition) is 3. The van der Waals surface area contributed by atoms with Crippen molar-refractivity contribution in [2.24, 2.45) is 5.92 Å². The summed E-state index contributed by atoms with van der Waals surface area (Å²) in [5, 5.41) is 2.12. The van der Waals surface area contributed by atoms with Gasteiger partial charge in [-0.3, -0.25) is 4.79 Å². The number of rotatable bonds is 6. The van der Waals surface area contributed by atoms with Gasteiger partial charge < -0.3 is 10.1 Å². The van der Waals surface area contributed by atoms with E-state index < -0.39 is 36.4 Å². The SMILES string of the molecule is CC(=O)C(C)C(CC(F)(F)F)NC(=O)OCc1ccccc1. The molecule has 0 saturated carbocycles. The summed E-state index contributed by atoms with van der Waals surface area (Å²) in [6.45, 7) is 2.47. The number of alkyl halides is 3. The van der Waals surface area contributed by atoms with Crippen molar-refractivity contribution in [1.29, 1.82) is 0 Å². The third-order valence-corrected chi connectivity index (χ3v) is 3.21. The fourth-order valence-corrected chi connectivity index (χ4v) is 1.80. The molecule has 0 aliphatic carbocycles. The van der Waals surface area contributed by atoms with E-state index in [1.165, 1.54) is 13.8 Å². The number of alkyl carbamates (subject to hydrolysis) is 1. The fraction of sp³-hybridized carbons (Fsp3) is 0.467. The molecule has 0 spiro atoms. The number of ether oxygens (including phenoxy) is 1. The predicted octanol–water partition coefficient (Wildman–Crippen LogP) is 3.46. The van der Waals surface area contributed by atoms with Gasteiger partial charge in [-0.2, -0.15) is 13.2 Å². The van der Waals surface area contributed by atoms with Gasteiger partial charge in [-0.1, -0.05) is 37.3 Å². The topological polar surface area (TPSA) is 55.4 Å². The van der Waals surface area contributed by atoms with Gasteiger partial charge in [-0.05, 0) is 12.5 Å². The number of ketones is 1. The van der Waals surface area contributed by atoms with Crippen LogP contribution < -0.4 is 5.32 Å². The summed E-state index contributed by atoms with van der Waals surface area (Å²) >= 11 is 0. The van der Waals surface area contributed by atoms with Crippen LogP contribution >= 0.6 is 0 Å². The zero-order valence-electron chi connectivity index (χ0n) is 12.3. The molecule has 1 aromatic carbocycles. The van der Waals surface area contributed by atoms with Gasteiger partial charge >= 0.3 is 12.3 Å². The molecule has 0 aliphatic heterocycles. The minimum atomic E-state index is -4.49. The van der Waals surface area contributed by atoms with Crippen LogP contribution in [-0.2, 0) is 16.1 Å².